The Morgan fingerprint density at radius 3 is 2.33 bits per heavy atom. The lowest BCUT2D eigenvalue weighted by molar-refractivity contribution is -0.148. The Morgan fingerprint density at radius 2 is 1.86 bits per heavy atom. The van der Waals surface area contributed by atoms with Crippen LogP contribution in [0.5, 0.6) is 0 Å². The zero-order valence-electron chi connectivity index (χ0n) is 12.0. The third kappa shape index (κ3) is 2.74. The van der Waals surface area contributed by atoms with E-state index in [0.29, 0.717) is 24.1 Å². The predicted octanol–water partition coefficient (Wildman–Crippen LogP) is 1.41. The molecule has 0 spiro atoms. The summed E-state index contributed by atoms with van der Waals surface area (Å²) < 4.78 is 0. The first-order valence-electron chi connectivity index (χ1n) is 6.76. The summed E-state index contributed by atoms with van der Waals surface area (Å²) in [6.45, 7) is 1.40. The zero-order chi connectivity index (χ0) is 15.6. The van der Waals surface area contributed by atoms with Crippen LogP contribution in [0.3, 0.4) is 0 Å². The maximum Gasteiger partial charge on any atom is 0.329 e. The summed E-state index contributed by atoms with van der Waals surface area (Å²) in [7, 11) is 1.57. The molecule has 21 heavy (non-hydrogen) atoms. The van der Waals surface area contributed by atoms with Gasteiger partial charge in [-0.2, -0.15) is 0 Å². The molecule has 6 heteroatoms. The minimum Gasteiger partial charge on any atom is -0.480 e. The highest BCUT2D eigenvalue weighted by molar-refractivity contribution is 6.05. The van der Waals surface area contributed by atoms with E-state index in [1.807, 2.05) is 0 Å². The summed E-state index contributed by atoms with van der Waals surface area (Å²) in [4.78, 5) is 36.6. The number of anilines is 1. The van der Waals surface area contributed by atoms with Gasteiger partial charge in [-0.05, 0) is 31.4 Å². The summed E-state index contributed by atoms with van der Waals surface area (Å²) in [5.41, 5.74) is -0.413. The van der Waals surface area contributed by atoms with Crippen LogP contribution in [0.1, 0.15) is 36.5 Å². The van der Waals surface area contributed by atoms with Gasteiger partial charge in [-0.15, -0.1) is 0 Å². The topological polar surface area (TPSA) is 86.7 Å². The number of carboxylic acids is 1. The molecule has 0 radical (unpaired) electrons. The van der Waals surface area contributed by atoms with Gasteiger partial charge < -0.3 is 15.3 Å². The molecule has 6 nitrogen and oxygen atoms in total. The quantitative estimate of drug-likeness (QED) is 0.877. The zero-order valence-corrected chi connectivity index (χ0v) is 12.0. The lowest BCUT2D eigenvalue weighted by Crippen LogP contribution is -2.59. The van der Waals surface area contributed by atoms with E-state index in [-0.39, 0.29) is 5.91 Å². The van der Waals surface area contributed by atoms with Gasteiger partial charge >= 0.3 is 5.97 Å². The van der Waals surface area contributed by atoms with E-state index in [1.54, 1.807) is 31.3 Å². The van der Waals surface area contributed by atoms with Gasteiger partial charge in [-0.3, -0.25) is 9.59 Å². The number of carbonyl (C=O) groups is 3. The Hall–Kier alpha value is -2.37. The molecule has 1 aliphatic rings. The third-order valence-electron chi connectivity index (χ3n) is 3.95. The van der Waals surface area contributed by atoms with Gasteiger partial charge in [0.05, 0.1) is 11.3 Å². The van der Waals surface area contributed by atoms with Crippen molar-refractivity contribution in [3.63, 3.8) is 0 Å². The fraction of sp³-hybridized carbons (Fsp3) is 0.400. The number of aliphatic carboxylic acids is 1. The number of amides is 2. The Labute approximate surface area is 122 Å². The Bertz CT molecular complexity index is 593. The molecule has 112 valence electrons. The maximum absolute atomic E-state index is 12.4. The van der Waals surface area contributed by atoms with Crippen molar-refractivity contribution in [2.75, 3.05) is 11.9 Å². The molecule has 0 unspecified atom stereocenters. The normalized spacial score (nSPS) is 15.7. The van der Waals surface area contributed by atoms with Gasteiger partial charge in [0.25, 0.3) is 5.91 Å². The molecule has 2 N–H and O–H groups in total. The SMILES string of the molecule is CC(=O)N(C)c1ccccc1C(=O)NC1(C(=O)O)CCC1. The highest BCUT2D eigenvalue weighted by atomic mass is 16.4. The molecule has 1 aliphatic carbocycles. The van der Waals surface area contributed by atoms with Gasteiger partial charge in [0.2, 0.25) is 5.91 Å². The van der Waals surface area contributed by atoms with Gasteiger partial charge in [0.15, 0.2) is 0 Å². The molecule has 2 amide bonds. The number of hydrogen-bond donors (Lipinski definition) is 2. The molecule has 0 aliphatic heterocycles. The van der Waals surface area contributed by atoms with E-state index in [0.717, 1.165) is 6.42 Å². The summed E-state index contributed by atoms with van der Waals surface area (Å²) in [6.07, 6.45) is 1.64. The predicted molar refractivity (Wildman–Crippen MR) is 77.2 cm³/mol. The number of nitrogens with zero attached hydrogens (tertiary/aromatic N) is 1. The molecule has 1 saturated carbocycles. The van der Waals surface area contributed by atoms with Crippen molar-refractivity contribution < 1.29 is 19.5 Å². The monoisotopic (exact) mass is 290 g/mol. The van der Waals surface area contributed by atoms with Crippen molar-refractivity contribution >= 4 is 23.5 Å². The maximum atomic E-state index is 12.4. The molecule has 1 fully saturated rings. The smallest absolute Gasteiger partial charge is 0.329 e. The van der Waals surface area contributed by atoms with E-state index in [2.05, 4.69) is 5.32 Å². The van der Waals surface area contributed by atoms with Crippen LogP contribution in [-0.4, -0.2) is 35.5 Å². The van der Waals surface area contributed by atoms with Crippen molar-refractivity contribution in [3.8, 4) is 0 Å². The molecular formula is C15H18N2O4. The lowest BCUT2D eigenvalue weighted by Gasteiger charge is -2.38. The van der Waals surface area contributed by atoms with E-state index in [9.17, 15) is 19.5 Å². The third-order valence-corrected chi connectivity index (χ3v) is 3.95. The molecule has 2 rings (SSSR count). The van der Waals surface area contributed by atoms with Gasteiger partial charge in [-0.25, -0.2) is 4.79 Å². The van der Waals surface area contributed by atoms with Crippen LogP contribution in [0, 0.1) is 0 Å². The number of para-hydroxylation sites is 1. The number of carbonyl (C=O) groups excluding carboxylic acids is 2. The van der Waals surface area contributed by atoms with Crippen LogP contribution in [-0.2, 0) is 9.59 Å². The minimum atomic E-state index is -1.17. The second-order valence-electron chi connectivity index (χ2n) is 5.29. The van der Waals surface area contributed by atoms with Gasteiger partial charge in [0, 0.05) is 14.0 Å². The summed E-state index contributed by atoms with van der Waals surface area (Å²) in [5, 5.41) is 11.9. The number of carboxylic acid groups (broad SMARTS) is 1. The lowest BCUT2D eigenvalue weighted by atomic mass is 9.76. The molecule has 0 aromatic heterocycles. The van der Waals surface area contributed by atoms with Crippen LogP contribution in [0.25, 0.3) is 0 Å². The van der Waals surface area contributed by atoms with E-state index >= 15 is 0 Å². The van der Waals surface area contributed by atoms with Crippen LogP contribution < -0.4 is 10.2 Å². The largest absolute Gasteiger partial charge is 0.480 e. The van der Waals surface area contributed by atoms with Crippen molar-refractivity contribution in [1.82, 2.24) is 5.32 Å². The Morgan fingerprint density at radius 1 is 1.24 bits per heavy atom. The molecule has 0 heterocycles. The summed E-state index contributed by atoms with van der Waals surface area (Å²) >= 11 is 0. The van der Waals surface area contributed by atoms with Crippen LogP contribution in [0.15, 0.2) is 24.3 Å². The van der Waals surface area contributed by atoms with E-state index in [1.165, 1.54) is 11.8 Å². The summed E-state index contributed by atoms with van der Waals surface area (Å²) in [5.74, 6) is -1.69. The van der Waals surface area contributed by atoms with Gasteiger partial charge in [-0.1, -0.05) is 12.1 Å². The molecule has 1 aromatic rings. The second-order valence-corrected chi connectivity index (χ2v) is 5.29. The van der Waals surface area contributed by atoms with Gasteiger partial charge in [0.1, 0.15) is 5.54 Å². The molecule has 0 bridgehead atoms. The first-order valence-corrected chi connectivity index (χ1v) is 6.76. The van der Waals surface area contributed by atoms with E-state index < -0.39 is 17.4 Å². The molecule has 1 aromatic carbocycles. The van der Waals surface area contributed by atoms with Crippen LogP contribution >= 0.6 is 0 Å². The fourth-order valence-electron chi connectivity index (χ4n) is 2.34. The average molecular weight is 290 g/mol. The van der Waals surface area contributed by atoms with Crippen molar-refractivity contribution in [3.05, 3.63) is 29.8 Å². The first-order chi connectivity index (χ1) is 9.87. The second kappa shape index (κ2) is 5.55. The van der Waals surface area contributed by atoms with Crippen molar-refractivity contribution in [2.45, 2.75) is 31.7 Å². The van der Waals surface area contributed by atoms with Crippen LogP contribution in [0.4, 0.5) is 5.69 Å². The molecule has 0 atom stereocenters. The minimum absolute atomic E-state index is 0.202. The first kappa shape index (κ1) is 15.0. The van der Waals surface area contributed by atoms with Crippen LogP contribution in [0.2, 0.25) is 0 Å². The Balaban J connectivity index is 2.28. The highest BCUT2D eigenvalue weighted by Gasteiger charge is 2.46. The standard InChI is InChI=1S/C15H18N2O4/c1-10(18)17(2)12-7-4-3-6-11(12)13(19)16-15(14(20)21)8-5-9-15/h3-4,6-7H,5,8-9H2,1-2H3,(H,16,19)(H,20,21). The Kier molecular flexibility index (Phi) is 3.97. The number of benzene rings is 1. The number of nitrogens with one attached hydrogen (secondary N) is 1. The molecule has 0 saturated heterocycles. The number of rotatable bonds is 4. The average Bonchev–Trinajstić information content (AvgIpc) is 2.41. The van der Waals surface area contributed by atoms with Crippen molar-refractivity contribution in [1.29, 1.82) is 0 Å². The summed E-state index contributed by atoms with van der Waals surface area (Å²) in [6, 6.07) is 6.64. The molecular weight excluding hydrogens is 272 g/mol. The highest BCUT2D eigenvalue weighted by Crippen LogP contribution is 2.33. The van der Waals surface area contributed by atoms with E-state index in [4.69, 9.17) is 0 Å². The number of hydrogen-bond acceptors (Lipinski definition) is 3. The van der Waals surface area contributed by atoms with Crippen molar-refractivity contribution in [2.24, 2.45) is 0 Å². The fourth-order valence-corrected chi connectivity index (χ4v) is 2.34.